The predicted octanol–water partition coefficient (Wildman–Crippen LogP) is 2.71. The van der Waals surface area contributed by atoms with E-state index in [1.54, 1.807) is 24.5 Å². The smallest absolute Gasteiger partial charge is 0.238 e. The van der Waals surface area contributed by atoms with E-state index in [1.165, 1.54) is 12.1 Å². The van der Waals surface area contributed by atoms with Gasteiger partial charge in [0.1, 0.15) is 11.6 Å². The van der Waals surface area contributed by atoms with E-state index >= 15 is 0 Å². The van der Waals surface area contributed by atoms with Gasteiger partial charge in [-0.1, -0.05) is 6.07 Å². The van der Waals surface area contributed by atoms with E-state index in [4.69, 9.17) is 4.42 Å². The minimum atomic E-state index is -0.380. The first kappa shape index (κ1) is 13.3. The second-order valence-corrected chi connectivity index (χ2v) is 4.18. The number of hydrogen-bond donors (Lipinski definition) is 2. The van der Waals surface area contributed by atoms with E-state index < -0.39 is 0 Å². The van der Waals surface area contributed by atoms with E-state index in [0.29, 0.717) is 5.69 Å². The molecule has 0 spiro atoms. The van der Waals surface area contributed by atoms with Crippen molar-refractivity contribution in [2.24, 2.45) is 0 Å². The highest BCUT2D eigenvalue weighted by molar-refractivity contribution is 5.92. The highest BCUT2D eigenvalue weighted by Crippen LogP contribution is 2.12. The zero-order valence-electron chi connectivity index (χ0n) is 10.5. The molecule has 2 rings (SSSR count). The van der Waals surface area contributed by atoms with E-state index in [9.17, 15) is 9.18 Å². The maximum Gasteiger partial charge on any atom is 0.238 e. The molecule has 0 aliphatic rings. The van der Waals surface area contributed by atoms with Crippen LogP contribution in [0.1, 0.15) is 18.7 Å². The van der Waals surface area contributed by atoms with Crippen LogP contribution in [0.3, 0.4) is 0 Å². The van der Waals surface area contributed by atoms with Crippen molar-refractivity contribution in [1.82, 2.24) is 5.32 Å². The molecule has 1 aromatic carbocycles. The molecule has 19 heavy (non-hydrogen) atoms. The van der Waals surface area contributed by atoms with Crippen molar-refractivity contribution in [3.8, 4) is 0 Å². The van der Waals surface area contributed by atoms with Gasteiger partial charge in [0.05, 0.1) is 18.8 Å². The molecule has 0 bridgehead atoms. The van der Waals surface area contributed by atoms with Crippen molar-refractivity contribution >= 4 is 11.6 Å². The van der Waals surface area contributed by atoms with Gasteiger partial charge in [0.2, 0.25) is 5.91 Å². The highest BCUT2D eigenvalue weighted by Gasteiger charge is 2.09. The normalized spacial score (nSPS) is 12.1. The summed E-state index contributed by atoms with van der Waals surface area (Å²) < 4.78 is 18.2. The van der Waals surface area contributed by atoms with Crippen molar-refractivity contribution < 1.29 is 13.6 Å². The number of carbonyl (C=O) groups excluding carboxylic acids is 1. The van der Waals surface area contributed by atoms with Crippen LogP contribution in [0.2, 0.25) is 0 Å². The number of nitrogens with one attached hydrogen (secondary N) is 2. The summed E-state index contributed by atoms with van der Waals surface area (Å²) in [6.45, 7) is 2.02. The van der Waals surface area contributed by atoms with Gasteiger partial charge < -0.3 is 9.73 Å². The lowest BCUT2D eigenvalue weighted by molar-refractivity contribution is -0.115. The average molecular weight is 262 g/mol. The highest BCUT2D eigenvalue weighted by atomic mass is 19.1. The number of rotatable bonds is 5. The maximum atomic E-state index is 12.9. The second kappa shape index (κ2) is 6.15. The Hall–Kier alpha value is -2.14. The topological polar surface area (TPSA) is 54.3 Å². The van der Waals surface area contributed by atoms with Crippen molar-refractivity contribution in [2.45, 2.75) is 13.0 Å². The van der Waals surface area contributed by atoms with Gasteiger partial charge in [-0.25, -0.2) is 4.39 Å². The minimum absolute atomic E-state index is 0.0618. The number of benzene rings is 1. The molecule has 0 saturated heterocycles. The minimum Gasteiger partial charge on any atom is -0.468 e. The third kappa shape index (κ3) is 3.93. The van der Waals surface area contributed by atoms with Gasteiger partial charge in [0.25, 0.3) is 0 Å². The zero-order valence-corrected chi connectivity index (χ0v) is 10.5. The fourth-order valence-corrected chi connectivity index (χ4v) is 1.66. The third-order valence-corrected chi connectivity index (χ3v) is 2.65. The lowest BCUT2D eigenvalue weighted by Crippen LogP contribution is -2.29. The molecule has 0 aliphatic carbocycles. The summed E-state index contributed by atoms with van der Waals surface area (Å²) in [5.74, 6) is 0.150. The van der Waals surface area contributed by atoms with Crippen molar-refractivity contribution in [3.63, 3.8) is 0 Å². The van der Waals surface area contributed by atoms with Crippen molar-refractivity contribution in [1.29, 1.82) is 0 Å². The zero-order chi connectivity index (χ0) is 13.7. The number of halogens is 1. The Morgan fingerprint density at radius 1 is 1.37 bits per heavy atom. The Labute approximate surface area is 110 Å². The summed E-state index contributed by atoms with van der Waals surface area (Å²) in [6, 6.07) is 9.34. The molecule has 1 atom stereocenters. The molecule has 0 unspecified atom stereocenters. The van der Waals surface area contributed by atoms with E-state index in [2.05, 4.69) is 10.6 Å². The van der Waals surface area contributed by atoms with Gasteiger partial charge in [0, 0.05) is 5.69 Å². The summed E-state index contributed by atoms with van der Waals surface area (Å²) in [5, 5.41) is 5.63. The molecule has 0 saturated carbocycles. The van der Waals surface area contributed by atoms with Crippen LogP contribution in [0.5, 0.6) is 0 Å². The molecule has 4 nitrogen and oxygen atoms in total. The van der Waals surface area contributed by atoms with Crippen LogP contribution in [-0.2, 0) is 4.79 Å². The molecule has 1 amide bonds. The summed E-state index contributed by atoms with van der Waals surface area (Å²) in [6.07, 6.45) is 1.58. The molecular weight excluding hydrogens is 247 g/mol. The Morgan fingerprint density at radius 3 is 2.89 bits per heavy atom. The number of furan rings is 1. The molecule has 0 aliphatic heterocycles. The van der Waals surface area contributed by atoms with Gasteiger partial charge in [0.15, 0.2) is 0 Å². The molecular formula is C14H15FN2O2. The Kier molecular flexibility index (Phi) is 4.30. The number of anilines is 1. The van der Waals surface area contributed by atoms with Gasteiger partial charge in [-0.2, -0.15) is 0 Å². The van der Waals surface area contributed by atoms with Gasteiger partial charge in [-0.15, -0.1) is 0 Å². The van der Waals surface area contributed by atoms with E-state index in [0.717, 1.165) is 5.76 Å². The quantitative estimate of drug-likeness (QED) is 0.871. The van der Waals surface area contributed by atoms with Crippen LogP contribution in [0, 0.1) is 5.82 Å². The third-order valence-electron chi connectivity index (χ3n) is 2.65. The van der Waals surface area contributed by atoms with Gasteiger partial charge in [-0.05, 0) is 37.3 Å². The lowest BCUT2D eigenvalue weighted by atomic mass is 10.2. The molecule has 1 heterocycles. The first-order valence-electron chi connectivity index (χ1n) is 5.97. The van der Waals surface area contributed by atoms with E-state index in [-0.39, 0.29) is 24.3 Å². The fraction of sp³-hybridized carbons (Fsp3) is 0.214. The fourth-order valence-electron chi connectivity index (χ4n) is 1.66. The Morgan fingerprint density at radius 2 is 2.21 bits per heavy atom. The molecule has 2 N–H and O–H groups in total. The van der Waals surface area contributed by atoms with Crippen LogP contribution in [-0.4, -0.2) is 12.5 Å². The summed E-state index contributed by atoms with van der Waals surface area (Å²) in [4.78, 5) is 11.7. The number of carbonyl (C=O) groups is 1. The second-order valence-electron chi connectivity index (χ2n) is 4.18. The average Bonchev–Trinajstić information content (AvgIpc) is 2.90. The standard InChI is InChI=1S/C14H15FN2O2/c1-10(13-6-3-7-19-13)16-9-14(18)17-12-5-2-4-11(15)8-12/h2-8,10,16H,9H2,1H3,(H,17,18)/t10-/m1/s1. The number of amides is 1. The Balaban J connectivity index is 1.82. The van der Waals surface area contributed by atoms with Crippen LogP contribution in [0.15, 0.2) is 47.1 Å². The first-order chi connectivity index (χ1) is 9.15. The molecule has 5 heteroatoms. The molecule has 0 fully saturated rings. The molecule has 0 radical (unpaired) electrons. The van der Waals surface area contributed by atoms with Gasteiger partial charge in [-0.3, -0.25) is 10.1 Å². The first-order valence-corrected chi connectivity index (χ1v) is 5.97. The maximum absolute atomic E-state index is 12.9. The largest absolute Gasteiger partial charge is 0.468 e. The number of hydrogen-bond acceptors (Lipinski definition) is 3. The van der Waals surface area contributed by atoms with Crippen LogP contribution >= 0.6 is 0 Å². The lowest BCUT2D eigenvalue weighted by Gasteiger charge is -2.11. The van der Waals surface area contributed by atoms with E-state index in [1.807, 2.05) is 13.0 Å². The summed E-state index contributed by atoms with van der Waals surface area (Å²) in [7, 11) is 0. The predicted molar refractivity (Wildman–Crippen MR) is 70.2 cm³/mol. The molecule has 1 aromatic heterocycles. The summed E-state index contributed by atoms with van der Waals surface area (Å²) >= 11 is 0. The Bertz CT molecular complexity index is 540. The SMILES string of the molecule is C[C@@H](NCC(=O)Nc1cccc(F)c1)c1ccco1. The molecule has 100 valence electrons. The monoisotopic (exact) mass is 262 g/mol. The van der Waals surface area contributed by atoms with Crippen LogP contribution in [0.25, 0.3) is 0 Å². The molecule has 2 aromatic rings. The van der Waals surface area contributed by atoms with Crippen molar-refractivity contribution in [3.05, 3.63) is 54.2 Å². The van der Waals surface area contributed by atoms with Gasteiger partial charge >= 0.3 is 0 Å². The van der Waals surface area contributed by atoms with Crippen molar-refractivity contribution in [2.75, 3.05) is 11.9 Å². The van der Waals surface area contributed by atoms with Crippen LogP contribution < -0.4 is 10.6 Å². The summed E-state index contributed by atoms with van der Waals surface area (Å²) in [5.41, 5.74) is 0.442. The van der Waals surface area contributed by atoms with Crippen LogP contribution in [0.4, 0.5) is 10.1 Å².